The molecule has 0 spiro atoms. The number of hydrogen-bond acceptors (Lipinski definition) is 4. The molecule has 0 radical (unpaired) electrons. The fourth-order valence-electron chi connectivity index (χ4n) is 2.83. The van der Waals surface area contributed by atoms with Crippen LogP contribution in [0.5, 0.6) is 0 Å². The van der Waals surface area contributed by atoms with Crippen LogP contribution in [-0.4, -0.2) is 55.7 Å². The summed E-state index contributed by atoms with van der Waals surface area (Å²) in [6, 6.07) is 0. The van der Waals surface area contributed by atoms with Gasteiger partial charge in [0.2, 0.25) is 0 Å². The molecule has 0 amide bonds. The minimum atomic E-state index is -4.02. The van der Waals surface area contributed by atoms with E-state index in [1.807, 2.05) is 0 Å². The Hall–Kier alpha value is 1.42. The Balaban J connectivity index is -0.00000133. The standard InChI is InChI=1S/C8H19N4.7CH3.3ClH.Ti/c1-2-10-5-6-12-8-7-11-4-3-9-1;;;;;;;;;;;/h9-11H,1-8H2;7*1H3;3*1H;/q-1;;;;;;;;;;;+1. The summed E-state index contributed by atoms with van der Waals surface area (Å²) in [5, 5.41) is 28.4. The van der Waals surface area contributed by atoms with E-state index in [0.29, 0.717) is 0 Å². The fraction of sp³-hybridized carbons (Fsp3) is 1.00. The van der Waals surface area contributed by atoms with Crippen molar-refractivity contribution in [2.75, 3.05) is 52.4 Å². The van der Waals surface area contributed by atoms with Crippen LogP contribution in [0.3, 0.4) is 0 Å². The van der Waals surface area contributed by atoms with Crippen molar-refractivity contribution in [3.63, 3.8) is 0 Å². The molecule has 3 N–H and O–H groups in total. The van der Waals surface area contributed by atoms with Crippen LogP contribution in [0.25, 0.3) is 0 Å². The molecule has 0 atom stereocenters. The molecule has 4 nitrogen and oxygen atoms in total. The zero-order valence-electron chi connectivity index (χ0n) is 16.3. The van der Waals surface area contributed by atoms with Gasteiger partial charge in [0, 0.05) is 0 Å². The Kier molecular flexibility index (Phi) is 7.93. The van der Waals surface area contributed by atoms with Crippen LogP contribution >= 0.6 is 37.2 Å². The van der Waals surface area contributed by atoms with Gasteiger partial charge in [-0.3, -0.25) is 0 Å². The van der Waals surface area contributed by atoms with Gasteiger partial charge in [-0.05, 0) is 0 Å². The summed E-state index contributed by atoms with van der Waals surface area (Å²) < 4.78 is 2.79. The van der Waals surface area contributed by atoms with Crippen LogP contribution < -0.4 is 16.0 Å². The molecular weight excluding hydrogens is 390 g/mol. The van der Waals surface area contributed by atoms with E-state index >= 15 is 0 Å². The average molecular weight is 434 g/mol. The summed E-state index contributed by atoms with van der Waals surface area (Å²) in [4.78, 5) is 0. The van der Waals surface area contributed by atoms with E-state index in [-0.39, 0.29) is 37.2 Å². The average Bonchev–Trinajstić information content (AvgIpc) is 2.12. The Labute approximate surface area is 156 Å². The first-order valence-electron chi connectivity index (χ1n) is 8.48. The quantitative estimate of drug-likeness (QED) is 0.549. The summed E-state index contributed by atoms with van der Waals surface area (Å²) >= 11 is -4.02. The van der Waals surface area contributed by atoms with Crippen LogP contribution in [0.4, 0.5) is 0 Å². The first-order chi connectivity index (χ1) is 8.50. The predicted molar refractivity (Wildman–Crippen MR) is 113 cm³/mol. The van der Waals surface area contributed by atoms with E-state index in [9.17, 15) is 0 Å². The van der Waals surface area contributed by atoms with Gasteiger partial charge in [-0.15, -0.1) is 37.2 Å². The van der Waals surface area contributed by atoms with E-state index in [1.165, 1.54) is 0 Å². The van der Waals surface area contributed by atoms with Crippen LogP contribution in [0.1, 0.15) is 0 Å². The van der Waals surface area contributed by atoms with Crippen molar-refractivity contribution in [3.05, 3.63) is 0 Å². The molecule has 23 heavy (non-hydrogen) atoms. The van der Waals surface area contributed by atoms with Gasteiger partial charge < -0.3 is 0 Å². The Morgan fingerprint density at radius 2 is 0.783 bits per heavy atom. The molecule has 148 valence electrons. The molecule has 0 aliphatic carbocycles. The molecule has 0 saturated carbocycles. The molecule has 0 unspecified atom stereocenters. The topological polar surface area (TPSA) is 39.3 Å². The van der Waals surface area contributed by atoms with Gasteiger partial charge in [-0.2, -0.15) is 0 Å². The number of hydrogen-bond donors (Lipinski definition) is 3. The summed E-state index contributed by atoms with van der Waals surface area (Å²) in [5.41, 5.74) is 0. The summed E-state index contributed by atoms with van der Waals surface area (Å²) in [6.45, 7) is 8.58. The van der Waals surface area contributed by atoms with Crippen molar-refractivity contribution in [1.29, 1.82) is 0 Å². The fourth-order valence-corrected chi connectivity index (χ4v) is 8.07. The molecule has 0 aromatic carbocycles. The maximum absolute atomic E-state index is 4.02. The monoisotopic (exact) mass is 432 g/mol. The molecular formula is C15H43Cl3N4Ti. The first-order valence-corrected chi connectivity index (χ1v) is 20.1. The van der Waals surface area contributed by atoms with E-state index in [2.05, 4.69) is 55.9 Å². The van der Waals surface area contributed by atoms with Gasteiger partial charge in [-0.25, -0.2) is 0 Å². The third kappa shape index (κ3) is 12.4. The molecule has 1 fully saturated rings. The normalized spacial score (nSPS) is 25.9. The van der Waals surface area contributed by atoms with Gasteiger partial charge >= 0.3 is 120 Å². The second-order valence-corrected chi connectivity index (χ2v) is 54.0. The molecule has 0 bridgehead atoms. The predicted octanol–water partition coefficient (Wildman–Crippen LogP) is 3.88. The Morgan fingerprint density at radius 1 is 0.522 bits per heavy atom. The Morgan fingerprint density at radius 3 is 1.04 bits per heavy atom. The van der Waals surface area contributed by atoms with E-state index in [4.69, 9.17) is 0 Å². The first kappa shape index (κ1) is 29.2. The van der Waals surface area contributed by atoms with Crippen LogP contribution in [0.2, 0.25) is 36.6 Å². The van der Waals surface area contributed by atoms with Gasteiger partial charge in [0.25, 0.3) is 0 Å². The molecule has 1 heterocycles. The van der Waals surface area contributed by atoms with Crippen molar-refractivity contribution in [2.45, 2.75) is 36.6 Å². The van der Waals surface area contributed by atoms with Crippen molar-refractivity contribution in [3.8, 4) is 0 Å². The molecule has 1 rings (SSSR count). The number of nitrogens with zero attached hydrogens (tertiary/aromatic N) is 1. The van der Waals surface area contributed by atoms with Gasteiger partial charge in [0.05, 0.1) is 0 Å². The minimum absolute atomic E-state index is 0. The van der Waals surface area contributed by atoms with Crippen LogP contribution in [0.15, 0.2) is 0 Å². The molecule has 1 aliphatic heterocycles. The van der Waals surface area contributed by atoms with E-state index < -0.39 is 11.7 Å². The molecule has 1 saturated heterocycles. The van der Waals surface area contributed by atoms with E-state index in [0.717, 1.165) is 52.4 Å². The zero-order valence-corrected chi connectivity index (χ0v) is 20.3. The SMILES string of the molecule is Cl.Cl.Cl.[CH3][Ti]([CH3])([CH3])([CH3])([CH3])([CH3])([CH3])[N]1CCNCCNCCNCC1. The van der Waals surface area contributed by atoms with Crippen molar-refractivity contribution in [2.24, 2.45) is 0 Å². The van der Waals surface area contributed by atoms with Crippen molar-refractivity contribution < 1.29 is 11.7 Å². The van der Waals surface area contributed by atoms with Crippen LogP contribution in [-0.2, 0) is 11.7 Å². The van der Waals surface area contributed by atoms with Gasteiger partial charge in [-0.1, -0.05) is 0 Å². The summed E-state index contributed by atoms with van der Waals surface area (Å²) in [5.74, 6) is 0. The number of halogens is 3. The number of rotatable bonds is 1. The second-order valence-electron chi connectivity index (χ2n) is 15.3. The maximum atomic E-state index is 3.58. The molecule has 0 aromatic heterocycles. The molecule has 0 aromatic rings. The summed E-state index contributed by atoms with van der Waals surface area (Å²) in [6.07, 6.45) is 0. The van der Waals surface area contributed by atoms with Crippen molar-refractivity contribution >= 4 is 37.2 Å². The van der Waals surface area contributed by atoms with Crippen molar-refractivity contribution in [1.82, 2.24) is 19.3 Å². The Bertz CT molecular complexity index is 362. The third-order valence-corrected chi connectivity index (χ3v) is 11.9. The van der Waals surface area contributed by atoms with E-state index in [1.54, 1.807) is 0 Å². The molecule has 1 aliphatic rings. The van der Waals surface area contributed by atoms with Gasteiger partial charge in [0.15, 0.2) is 0 Å². The van der Waals surface area contributed by atoms with Gasteiger partial charge in [0.1, 0.15) is 0 Å². The second kappa shape index (κ2) is 6.25. The molecule has 8 heteroatoms. The summed E-state index contributed by atoms with van der Waals surface area (Å²) in [7, 11) is 0. The third-order valence-electron chi connectivity index (χ3n) is 4.29. The number of nitrogens with one attached hydrogen (secondary N) is 3. The van der Waals surface area contributed by atoms with Crippen LogP contribution in [0, 0.1) is 0 Å². The zero-order chi connectivity index (χ0) is 15.7.